The van der Waals surface area contributed by atoms with Gasteiger partial charge in [0.2, 0.25) is 0 Å². The predicted octanol–water partition coefficient (Wildman–Crippen LogP) is 10.4. The van der Waals surface area contributed by atoms with Gasteiger partial charge in [-0.2, -0.15) is 0 Å². The minimum absolute atomic E-state index is 0.110. The van der Waals surface area contributed by atoms with Crippen LogP contribution >= 0.6 is 93.1 Å². The van der Waals surface area contributed by atoms with Gasteiger partial charge in [-0.05, 0) is 60.7 Å². The number of halogens is 6. The molecule has 0 aliphatic carbocycles. The van der Waals surface area contributed by atoms with Crippen LogP contribution in [-0.2, 0) is 0 Å². The Morgan fingerprint density at radius 1 is 0.417 bits per heavy atom. The summed E-state index contributed by atoms with van der Waals surface area (Å²) >= 11 is 37.3. The van der Waals surface area contributed by atoms with Crippen LogP contribution in [0.1, 0.15) is 0 Å². The standard InChI is InChI=1S/C12H6Cl4O2S.C12H8Cl2O2S/c13-5-1-7(15)11(17)9(3-5)19-10-4-6(14)2-8(16)12(10)18;13-7-1-3-9(15)11(5-7)17-12-6-8(14)2-4-10(12)16/h1-4,17-18H;1-6,15-16H. The second kappa shape index (κ2) is 12.9. The lowest BCUT2D eigenvalue weighted by Gasteiger charge is -2.09. The Bertz CT molecular complexity index is 1310. The second-order valence-electron chi connectivity index (χ2n) is 6.90. The third-order valence-corrected chi connectivity index (χ3v) is 7.91. The van der Waals surface area contributed by atoms with Crippen molar-refractivity contribution in [1.29, 1.82) is 0 Å². The third kappa shape index (κ3) is 7.76. The van der Waals surface area contributed by atoms with Crippen LogP contribution < -0.4 is 0 Å². The maximum absolute atomic E-state index is 9.85. The molecule has 0 aromatic heterocycles. The lowest BCUT2D eigenvalue weighted by molar-refractivity contribution is 0.459. The van der Waals surface area contributed by atoms with Gasteiger partial charge in [-0.25, -0.2) is 0 Å². The molecule has 0 saturated carbocycles. The molecule has 0 amide bonds. The first-order valence-corrected chi connectivity index (χ1v) is 13.5. The van der Waals surface area contributed by atoms with E-state index in [1.807, 2.05) is 0 Å². The SMILES string of the molecule is Oc1c(Cl)cc(Cl)cc1Sc1cc(Cl)cc(Cl)c1O.Oc1ccc(Cl)cc1Sc1cc(Cl)ccc1O. The van der Waals surface area contributed by atoms with E-state index in [1.54, 1.807) is 24.3 Å². The number of phenolic OH excluding ortho intramolecular Hbond substituents is 4. The van der Waals surface area contributed by atoms with Gasteiger partial charge in [-0.15, -0.1) is 0 Å². The van der Waals surface area contributed by atoms with Crippen molar-refractivity contribution in [2.45, 2.75) is 19.6 Å². The lowest BCUT2D eigenvalue weighted by atomic mass is 10.3. The highest BCUT2D eigenvalue weighted by molar-refractivity contribution is 7.99. The van der Waals surface area contributed by atoms with E-state index >= 15 is 0 Å². The average molecular weight is 643 g/mol. The molecule has 4 rings (SSSR count). The summed E-state index contributed by atoms with van der Waals surface area (Å²) in [5, 5.41) is 41.1. The molecule has 0 aliphatic rings. The van der Waals surface area contributed by atoms with E-state index in [0.29, 0.717) is 39.7 Å². The first-order chi connectivity index (χ1) is 16.9. The van der Waals surface area contributed by atoms with E-state index < -0.39 is 0 Å². The molecule has 4 aromatic rings. The van der Waals surface area contributed by atoms with Gasteiger partial charge in [-0.1, -0.05) is 93.1 Å². The summed E-state index contributed by atoms with van der Waals surface area (Å²) in [7, 11) is 0. The topological polar surface area (TPSA) is 80.9 Å². The van der Waals surface area contributed by atoms with Crippen molar-refractivity contribution in [2.24, 2.45) is 0 Å². The molecule has 4 nitrogen and oxygen atoms in total. The molecule has 4 N–H and O–H groups in total. The van der Waals surface area contributed by atoms with Gasteiger partial charge in [-0.3, -0.25) is 0 Å². The Labute approximate surface area is 245 Å². The summed E-state index contributed by atoms with van der Waals surface area (Å²) in [5.41, 5.74) is 0. The molecule has 4 aromatic carbocycles. The van der Waals surface area contributed by atoms with Crippen LogP contribution in [-0.4, -0.2) is 20.4 Å². The molecule has 36 heavy (non-hydrogen) atoms. The van der Waals surface area contributed by atoms with E-state index in [1.165, 1.54) is 48.2 Å². The molecule has 12 heteroatoms. The lowest BCUT2D eigenvalue weighted by Crippen LogP contribution is -1.81. The first kappa shape index (κ1) is 29.1. The van der Waals surface area contributed by atoms with Crippen molar-refractivity contribution in [3.63, 3.8) is 0 Å². The van der Waals surface area contributed by atoms with Crippen LogP contribution in [0.3, 0.4) is 0 Å². The van der Waals surface area contributed by atoms with Gasteiger partial charge >= 0.3 is 0 Å². The molecule has 0 heterocycles. The number of aromatic hydroxyl groups is 4. The van der Waals surface area contributed by atoms with E-state index in [-0.39, 0.29) is 33.0 Å². The maximum atomic E-state index is 9.85. The summed E-state index contributed by atoms with van der Waals surface area (Å²) in [4.78, 5) is 1.92. The van der Waals surface area contributed by atoms with Crippen molar-refractivity contribution >= 4 is 93.1 Å². The van der Waals surface area contributed by atoms with Crippen molar-refractivity contribution in [1.82, 2.24) is 0 Å². The van der Waals surface area contributed by atoms with Gasteiger partial charge in [0.1, 0.15) is 23.0 Å². The summed E-state index contributed by atoms with van der Waals surface area (Å²) < 4.78 is 0. The Morgan fingerprint density at radius 2 is 0.750 bits per heavy atom. The molecule has 0 radical (unpaired) electrons. The van der Waals surface area contributed by atoms with Crippen LogP contribution in [0.25, 0.3) is 0 Å². The smallest absolute Gasteiger partial charge is 0.148 e. The van der Waals surface area contributed by atoms with Crippen LogP contribution in [0.15, 0.2) is 80.2 Å². The average Bonchev–Trinajstić information content (AvgIpc) is 2.80. The fourth-order valence-corrected chi connectivity index (χ4v) is 6.29. The predicted molar refractivity (Wildman–Crippen MR) is 151 cm³/mol. The van der Waals surface area contributed by atoms with Crippen LogP contribution in [0, 0.1) is 0 Å². The Kier molecular flexibility index (Phi) is 10.4. The molecule has 0 bridgehead atoms. The summed E-state index contributed by atoms with van der Waals surface area (Å²) in [6, 6.07) is 15.4. The molecular weight excluding hydrogens is 629 g/mol. The number of benzene rings is 4. The molecule has 0 aliphatic heterocycles. The van der Waals surface area contributed by atoms with Crippen molar-refractivity contribution in [2.75, 3.05) is 0 Å². The van der Waals surface area contributed by atoms with Crippen LogP contribution in [0.2, 0.25) is 30.1 Å². The molecule has 188 valence electrons. The second-order valence-corrected chi connectivity index (χ2v) is 11.6. The quantitative estimate of drug-likeness (QED) is 0.177. The minimum Gasteiger partial charge on any atom is -0.507 e. The molecular formula is C24H14Cl6O4S2. The summed E-state index contributed by atoms with van der Waals surface area (Å²) in [5.74, 6) is -0.0179. The van der Waals surface area contributed by atoms with Crippen molar-refractivity contribution in [3.8, 4) is 23.0 Å². The monoisotopic (exact) mass is 640 g/mol. The van der Waals surface area contributed by atoms with Gasteiger partial charge in [0, 0.05) is 20.1 Å². The molecule has 0 atom stereocenters. The highest BCUT2D eigenvalue weighted by atomic mass is 35.5. The Balaban J connectivity index is 0.000000202. The Hall–Kier alpha value is -1.48. The van der Waals surface area contributed by atoms with Gasteiger partial charge < -0.3 is 20.4 Å². The molecule has 0 spiro atoms. The molecule has 0 saturated heterocycles. The van der Waals surface area contributed by atoms with Gasteiger partial charge in [0.15, 0.2) is 0 Å². The van der Waals surface area contributed by atoms with Gasteiger partial charge in [0.05, 0.1) is 29.6 Å². The zero-order chi connectivity index (χ0) is 26.6. The van der Waals surface area contributed by atoms with E-state index in [4.69, 9.17) is 69.6 Å². The van der Waals surface area contributed by atoms with Crippen LogP contribution in [0.5, 0.6) is 23.0 Å². The molecule has 0 unspecified atom stereocenters. The number of rotatable bonds is 4. The third-order valence-electron chi connectivity index (χ3n) is 4.27. The maximum Gasteiger partial charge on any atom is 0.148 e. The fourth-order valence-electron chi connectivity index (χ4n) is 2.62. The first-order valence-electron chi connectivity index (χ1n) is 9.63. The van der Waals surface area contributed by atoms with Crippen LogP contribution in [0.4, 0.5) is 0 Å². The zero-order valence-electron chi connectivity index (χ0n) is 17.6. The highest BCUT2D eigenvalue weighted by Crippen LogP contribution is 2.46. The van der Waals surface area contributed by atoms with E-state index in [9.17, 15) is 20.4 Å². The van der Waals surface area contributed by atoms with Crippen molar-refractivity contribution in [3.05, 3.63) is 90.8 Å². The highest BCUT2D eigenvalue weighted by Gasteiger charge is 2.14. The van der Waals surface area contributed by atoms with E-state index in [0.717, 1.165) is 11.8 Å². The minimum atomic E-state index is -0.119. The Morgan fingerprint density at radius 3 is 1.14 bits per heavy atom. The van der Waals surface area contributed by atoms with E-state index in [2.05, 4.69) is 0 Å². The number of phenols is 4. The van der Waals surface area contributed by atoms with Crippen molar-refractivity contribution < 1.29 is 20.4 Å². The van der Waals surface area contributed by atoms with Gasteiger partial charge in [0.25, 0.3) is 0 Å². The normalized spacial score (nSPS) is 10.6. The summed E-state index contributed by atoms with van der Waals surface area (Å²) in [6.45, 7) is 0. The molecule has 0 fully saturated rings. The fraction of sp³-hybridized carbons (Fsp3) is 0. The number of hydrogen-bond acceptors (Lipinski definition) is 6. The zero-order valence-corrected chi connectivity index (χ0v) is 23.8. The summed E-state index contributed by atoms with van der Waals surface area (Å²) in [6.07, 6.45) is 0. The number of hydrogen-bond donors (Lipinski definition) is 4. The largest absolute Gasteiger partial charge is 0.507 e.